The molecule has 0 heterocycles. The molecule has 0 aromatic heterocycles. The minimum absolute atomic E-state index is 0.195. The zero-order chi connectivity index (χ0) is 14.2. The highest BCUT2D eigenvalue weighted by atomic mass is 16.2. The van der Waals surface area contributed by atoms with Crippen LogP contribution < -0.4 is 0 Å². The number of hydrogen-bond donors (Lipinski definition) is 0. The number of nitrogens with zero attached hydrogens (tertiary/aromatic N) is 1. The summed E-state index contributed by atoms with van der Waals surface area (Å²) in [5.74, 6) is 1.18. The Kier molecular flexibility index (Phi) is 3.57. The molecule has 0 N–H and O–H groups in total. The van der Waals surface area contributed by atoms with Crippen LogP contribution in [0, 0.1) is 5.92 Å². The van der Waals surface area contributed by atoms with Crippen molar-refractivity contribution in [2.45, 2.75) is 56.9 Å². The van der Waals surface area contributed by atoms with Gasteiger partial charge in [0.2, 0.25) is 5.91 Å². The van der Waals surface area contributed by atoms with Crippen molar-refractivity contribution in [2.75, 3.05) is 7.05 Å². The van der Waals surface area contributed by atoms with E-state index in [-0.39, 0.29) is 5.41 Å². The second kappa shape index (κ2) is 5.23. The highest BCUT2D eigenvalue weighted by Gasteiger charge is 2.53. The average Bonchev–Trinajstić information content (AvgIpc) is 3.29. The molecule has 0 aliphatic heterocycles. The van der Waals surface area contributed by atoms with E-state index in [4.69, 9.17) is 0 Å². The van der Waals surface area contributed by atoms with Crippen LogP contribution in [0.3, 0.4) is 0 Å². The molecule has 0 radical (unpaired) electrons. The normalized spacial score (nSPS) is 27.9. The Morgan fingerprint density at radius 3 is 2.25 bits per heavy atom. The average molecular weight is 271 g/mol. The Labute approximate surface area is 122 Å². The lowest BCUT2D eigenvalue weighted by molar-refractivity contribution is -0.135. The summed E-state index contributed by atoms with van der Waals surface area (Å²) in [5.41, 5.74) is 1.01. The number of hydrogen-bond acceptors (Lipinski definition) is 1. The first-order valence-electron chi connectivity index (χ1n) is 7.96. The van der Waals surface area contributed by atoms with E-state index >= 15 is 0 Å². The van der Waals surface area contributed by atoms with Crippen LogP contribution in [-0.4, -0.2) is 23.9 Å². The van der Waals surface area contributed by atoms with Crippen LogP contribution in [0.25, 0.3) is 0 Å². The van der Waals surface area contributed by atoms with Crippen LogP contribution in [0.15, 0.2) is 30.3 Å². The van der Waals surface area contributed by atoms with Gasteiger partial charge >= 0.3 is 0 Å². The molecule has 2 aliphatic carbocycles. The molecule has 1 aromatic rings. The van der Waals surface area contributed by atoms with E-state index in [1.54, 1.807) is 0 Å². The maximum absolute atomic E-state index is 12.9. The van der Waals surface area contributed by atoms with E-state index in [9.17, 15) is 4.79 Å². The molecule has 2 heteroatoms. The molecule has 3 rings (SSSR count). The highest BCUT2D eigenvalue weighted by molar-refractivity contribution is 5.91. The van der Waals surface area contributed by atoms with Crippen molar-refractivity contribution in [2.24, 2.45) is 5.92 Å². The summed E-state index contributed by atoms with van der Waals surface area (Å²) in [6, 6.07) is 10.8. The summed E-state index contributed by atoms with van der Waals surface area (Å²) >= 11 is 0. The van der Waals surface area contributed by atoms with Gasteiger partial charge in [0.15, 0.2) is 0 Å². The van der Waals surface area contributed by atoms with E-state index in [0.717, 1.165) is 18.8 Å². The molecule has 0 saturated heterocycles. The van der Waals surface area contributed by atoms with Gasteiger partial charge in [-0.15, -0.1) is 0 Å². The van der Waals surface area contributed by atoms with Crippen LogP contribution in [0.4, 0.5) is 0 Å². The lowest BCUT2D eigenvalue weighted by Gasteiger charge is -2.35. The molecule has 2 aliphatic rings. The second-order valence-corrected chi connectivity index (χ2v) is 6.78. The number of benzene rings is 1. The van der Waals surface area contributed by atoms with Gasteiger partial charge in [-0.2, -0.15) is 0 Å². The molecular weight excluding hydrogens is 246 g/mol. The van der Waals surface area contributed by atoms with Crippen LogP contribution in [-0.2, 0) is 10.2 Å². The van der Waals surface area contributed by atoms with Gasteiger partial charge in [-0.25, -0.2) is 0 Å². The van der Waals surface area contributed by atoms with Gasteiger partial charge < -0.3 is 4.90 Å². The van der Waals surface area contributed by atoms with E-state index in [1.165, 1.54) is 31.2 Å². The van der Waals surface area contributed by atoms with Gasteiger partial charge in [0.1, 0.15) is 0 Å². The predicted octanol–water partition coefficient (Wildman–Crippen LogP) is 3.76. The van der Waals surface area contributed by atoms with Gasteiger partial charge in [-0.3, -0.25) is 4.79 Å². The standard InChI is InChI=1S/C18H25NO/c1-14-8-10-16(11-9-14)19(2)17(20)18(12-13-18)15-6-4-3-5-7-15/h3-7,14,16H,8-13H2,1-2H3. The Bertz CT molecular complexity index is 469. The maximum atomic E-state index is 12.9. The Morgan fingerprint density at radius 2 is 1.70 bits per heavy atom. The van der Waals surface area contributed by atoms with E-state index in [0.29, 0.717) is 11.9 Å². The molecule has 2 fully saturated rings. The molecule has 0 unspecified atom stereocenters. The maximum Gasteiger partial charge on any atom is 0.233 e. The fraction of sp³-hybridized carbons (Fsp3) is 0.611. The van der Waals surface area contributed by atoms with Crippen molar-refractivity contribution in [3.8, 4) is 0 Å². The zero-order valence-corrected chi connectivity index (χ0v) is 12.6. The number of carbonyl (C=O) groups excluding carboxylic acids is 1. The summed E-state index contributed by atoms with van der Waals surface area (Å²) in [6.45, 7) is 2.32. The first-order valence-corrected chi connectivity index (χ1v) is 7.96. The summed E-state index contributed by atoms with van der Waals surface area (Å²) < 4.78 is 0. The third-order valence-corrected chi connectivity index (χ3v) is 5.34. The van der Waals surface area contributed by atoms with Gasteiger partial charge in [0, 0.05) is 13.1 Å². The van der Waals surface area contributed by atoms with Crippen LogP contribution in [0.1, 0.15) is 51.0 Å². The summed E-state index contributed by atoms with van der Waals surface area (Å²) in [4.78, 5) is 15.0. The molecule has 1 aromatic carbocycles. The smallest absolute Gasteiger partial charge is 0.233 e. The van der Waals surface area contributed by atoms with Crippen LogP contribution >= 0.6 is 0 Å². The third-order valence-electron chi connectivity index (χ3n) is 5.34. The van der Waals surface area contributed by atoms with Gasteiger partial charge in [0.25, 0.3) is 0 Å². The fourth-order valence-corrected chi connectivity index (χ4v) is 3.64. The first kappa shape index (κ1) is 13.7. The SMILES string of the molecule is CC1CCC(N(C)C(=O)C2(c3ccccc3)CC2)CC1. The lowest BCUT2D eigenvalue weighted by atomic mass is 9.85. The Hall–Kier alpha value is -1.31. The quantitative estimate of drug-likeness (QED) is 0.820. The van der Waals surface area contributed by atoms with Crippen molar-refractivity contribution >= 4 is 5.91 Å². The van der Waals surface area contributed by atoms with Gasteiger partial charge in [-0.05, 0) is 50.0 Å². The van der Waals surface area contributed by atoms with Crippen molar-refractivity contribution in [1.82, 2.24) is 4.90 Å². The summed E-state index contributed by atoms with van der Waals surface area (Å²) in [7, 11) is 2.02. The minimum atomic E-state index is -0.195. The van der Waals surface area contributed by atoms with Crippen LogP contribution in [0.2, 0.25) is 0 Å². The number of amides is 1. The molecule has 20 heavy (non-hydrogen) atoms. The number of rotatable bonds is 3. The van der Waals surface area contributed by atoms with Crippen molar-refractivity contribution in [3.63, 3.8) is 0 Å². The fourth-order valence-electron chi connectivity index (χ4n) is 3.64. The van der Waals surface area contributed by atoms with Crippen molar-refractivity contribution < 1.29 is 4.79 Å². The predicted molar refractivity (Wildman–Crippen MR) is 81.5 cm³/mol. The van der Waals surface area contributed by atoms with Crippen molar-refractivity contribution in [1.29, 1.82) is 0 Å². The molecule has 0 bridgehead atoms. The molecular formula is C18H25NO. The monoisotopic (exact) mass is 271 g/mol. The molecule has 0 atom stereocenters. The minimum Gasteiger partial charge on any atom is -0.342 e. The van der Waals surface area contributed by atoms with Gasteiger partial charge in [0.05, 0.1) is 5.41 Å². The lowest BCUT2D eigenvalue weighted by Crippen LogP contribution is -2.44. The molecule has 2 nitrogen and oxygen atoms in total. The molecule has 1 amide bonds. The molecule has 2 saturated carbocycles. The van der Waals surface area contributed by atoms with E-state index in [2.05, 4.69) is 24.0 Å². The summed E-state index contributed by atoms with van der Waals surface area (Å²) in [5, 5.41) is 0. The van der Waals surface area contributed by atoms with E-state index < -0.39 is 0 Å². The highest BCUT2D eigenvalue weighted by Crippen LogP contribution is 2.50. The Balaban J connectivity index is 1.72. The summed E-state index contributed by atoms with van der Waals surface area (Å²) in [6.07, 6.45) is 6.91. The zero-order valence-electron chi connectivity index (χ0n) is 12.6. The number of likely N-dealkylation sites (N-methyl/N-ethyl adjacent to an activating group) is 1. The topological polar surface area (TPSA) is 20.3 Å². The Morgan fingerprint density at radius 1 is 1.10 bits per heavy atom. The second-order valence-electron chi connectivity index (χ2n) is 6.78. The third kappa shape index (κ3) is 2.36. The van der Waals surface area contributed by atoms with Gasteiger partial charge in [-0.1, -0.05) is 37.3 Å². The molecule has 108 valence electrons. The largest absolute Gasteiger partial charge is 0.342 e. The van der Waals surface area contributed by atoms with Crippen LogP contribution in [0.5, 0.6) is 0 Å². The first-order chi connectivity index (χ1) is 9.63. The van der Waals surface area contributed by atoms with E-state index in [1.807, 2.05) is 25.2 Å². The molecule has 0 spiro atoms. The number of carbonyl (C=O) groups is 1. The van der Waals surface area contributed by atoms with Crippen molar-refractivity contribution in [3.05, 3.63) is 35.9 Å².